The van der Waals surface area contributed by atoms with Crippen LogP contribution in [0.4, 0.5) is 18.9 Å². The number of para-hydroxylation sites is 1. The topological polar surface area (TPSA) is 41.1 Å². The zero-order valence-corrected chi connectivity index (χ0v) is 11.5. The summed E-state index contributed by atoms with van der Waals surface area (Å²) in [5.74, 6) is -1.16. The molecule has 0 saturated carbocycles. The first-order valence-electron chi connectivity index (χ1n) is 6.28. The third-order valence-corrected chi connectivity index (χ3v) is 4.05. The number of hydrogen-bond donors (Lipinski definition) is 2. The molecule has 1 aromatic carbocycles. The number of hydrogen-bond acceptors (Lipinski definition) is 3. The van der Waals surface area contributed by atoms with Gasteiger partial charge in [-0.3, -0.25) is 4.79 Å². The standard InChI is InChI=1S/C13H15F3N2OS/c14-13(15,16)8-20-11-6-2-1-4-9(11)18-12(19)10-5-3-7-17-10/h1-2,4,6,10,17H,3,5,7-8H2,(H,18,19)/t10-/m1/s1. The van der Waals surface area contributed by atoms with Crippen molar-refractivity contribution in [1.82, 2.24) is 5.32 Å². The van der Waals surface area contributed by atoms with Crippen LogP contribution in [0.15, 0.2) is 29.2 Å². The van der Waals surface area contributed by atoms with E-state index in [1.165, 1.54) is 0 Å². The van der Waals surface area contributed by atoms with Gasteiger partial charge in [0.2, 0.25) is 5.91 Å². The number of benzene rings is 1. The lowest BCUT2D eigenvalue weighted by atomic mass is 10.2. The number of nitrogens with one attached hydrogen (secondary N) is 2. The van der Waals surface area contributed by atoms with Crippen molar-refractivity contribution in [2.75, 3.05) is 17.6 Å². The maximum atomic E-state index is 12.3. The van der Waals surface area contributed by atoms with Crippen LogP contribution in [-0.2, 0) is 4.79 Å². The molecule has 110 valence electrons. The molecule has 0 spiro atoms. The number of carbonyl (C=O) groups is 1. The predicted octanol–water partition coefficient (Wildman–Crippen LogP) is 3.03. The molecule has 0 unspecified atom stereocenters. The largest absolute Gasteiger partial charge is 0.398 e. The highest BCUT2D eigenvalue weighted by atomic mass is 32.2. The number of rotatable bonds is 4. The average molecular weight is 304 g/mol. The summed E-state index contributed by atoms with van der Waals surface area (Å²) in [5, 5.41) is 5.75. The van der Waals surface area contributed by atoms with Crippen LogP contribution in [0, 0.1) is 0 Å². The molecule has 1 fully saturated rings. The molecular weight excluding hydrogens is 289 g/mol. The SMILES string of the molecule is O=C(Nc1ccccc1SCC(F)(F)F)[C@H]1CCCN1. The summed E-state index contributed by atoms with van der Waals surface area (Å²) in [7, 11) is 0. The van der Waals surface area contributed by atoms with Gasteiger partial charge < -0.3 is 10.6 Å². The molecule has 1 aliphatic rings. The van der Waals surface area contributed by atoms with Crippen molar-refractivity contribution in [3.05, 3.63) is 24.3 Å². The van der Waals surface area contributed by atoms with Crippen molar-refractivity contribution in [2.24, 2.45) is 0 Å². The minimum Gasteiger partial charge on any atom is -0.324 e. The highest BCUT2D eigenvalue weighted by Crippen LogP contribution is 2.32. The van der Waals surface area contributed by atoms with Gasteiger partial charge in [-0.25, -0.2) is 0 Å². The van der Waals surface area contributed by atoms with E-state index in [0.717, 1.165) is 19.4 Å². The third-order valence-electron chi connectivity index (χ3n) is 2.91. The summed E-state index contributed by atoms with van der Waals surface area (Å²) in [6.45, 7) is 0.794. The second-order valence-corrected chi connectivity index (χ2v) is 5.56. The summed E-state index contributed by atoms with van der Waals surface area (Å²) >= 11 is 0.678. The molecule has 1 heterocycles. The van der Waals surface area contributed by atoms with Gasteiger partial charge in [0.15, 0.2) is 0 Å². The van der Waals surface area contributed by atoms with Crippen LogP contribution < -0.4 is 10.6 Å². The lowest BCUT2D eigenvalue weighted by molar-refractivity contribution is -0.117. The van der Waals surface area contributed by atoms with Crippen molar-refractivity contribution < 1.29 is 18.0 Å². The van der Waals surface area contributed by atoms with Crippen LogP contribution in [0.2, 0.25) is 0 Å². The van der Waals surface area contributed by atoms with E-state index >= 15 is 0 Å². The minimum absolute atomic E-state index is 0.192. The van der Waals surface area contributed by atoms with Gasteiger partial charge in [-0.05, 0) is 31.5 Å². The van der Waals surface area contributed by atoms with E-state index in [9.17, 15) is 18.0 Å². The summed E-state index contributed by atoms with van der Waals surface area (Å²) < 4.78 is 36.8. The second-order valence-electron chi connectivity index (χ2n) is 4.54. The molecule has 20 heavy (non-hydrogen) atoms. The molecule has 1 saturated heterocycles. The van der Waals surface area contributed by atoms with Crippen molar-refractivity contribution in [2.45, 2.75) is 30.0 Å². The molecular formula is C13H15F3N2OS. The van der Waals surface area contributed by atoms with E-state index in [0.29, 0.717) is 22.3 Å². The molecule has 0 aliphatic carbocycles. The van der Waals surface area contributed by atoms with Gasteiger partial charge in [-0.15, -0.1) is 11.8 Å². The number of anilines is 1. The lowest BCUT2D eigenvalue weighted by Gasteiger charge is -2.14. The first kappa shape index (κ1) is 15.2. The van der Waals surface area contributed by atoms with E-state index in [-0.39, 0.29) is 11.9 Å². The molecule has 0 radical (unpaired) electrons. The molecule has 1 aliphatic heterocycles. The Bertz CT molecular complexity index is 473. The van der Waals surface area contributed by atoms with Gasteiger partial charge in [0, 0.05) is 4.90 Å². The highest BCUT2D eigenvalue weighted by Gasteiger charge is 2.28. The predicted molar refractivity (Wildman–Crippen MR) is 72.9 cm³/mol. The molecule has 2 rings (SSSR count). The summed E-state index contributed by atoms with van der Waals surface area (Å²) in [6.07, 6.45) is -2.54. The monoisotopic (exact) mass is 304 g/mol. The van der Waals surface area contributed by atoms with Crippen LogP contribution in [-0.4, -0.2) is 30.4 Å². The Balaban J connectivity index is 2.01. The van der Waals surface area contributed by atoms with Gasteiger partial charge in [0.25, 0.3) is 0 Å². The van der Waals surface area contributed by atoms with E-state index in [4.69, 9.17) is 0 Å². The minimum atomic E-state index is -4.23. The normalized spacial score (nSPS) is 19.1. The molecule has 1 aromatic rings. The Labute approximate surface area is 119 Å². The molecule has 7 heteroatoms. The number of amides is 1. The zero-order chi connectivity index (χ0) is 14.6. The second kappa shape index (κ2) is 6.49. The molecule has 1 amide bonds. The molecule has 0 aromatic heterocycles. The van der Waals surface area contributed by atoms with Crippen molar-refractivity contribution in [3.63, 3.8) is 0 Å². The lowest BCUT2D eigenvalue weighted by Crippen LogP contribution is -2.35. The summed E-state index contributed by atoms with van der Waals surface area (Å²) in [6, 6.07) is 6.28. The maximum Gasteiger partial charge on any atom is 0.398 e. The van der Waals surface area contributed by atoms with Crippen molar-refractivity contribution >= 4 is 23.4 Å². The number of halogens is 3. The first-order chi connectivity index (χ1) is 9.46. The van der Waals surface area contributed by atoms with Crippen LogP contribution >= 0.6 is 11.8 Å². The quantitative estimate of drug-likeness (QED) is 0.840. The van der Waals surface area contributed by atoms with Gasteiger partial charge in [0.1, 0.15) is 0 Å². The summed E-state index contributed by atoms with van der Waals surface area (Å²) in [5.41, 5.74) is 0.431. The highest BCUT2D eigenvalue weighted by molar-refractivity contribution is 7.99. The van der Waals surface area contributed by atoms with Gasteiger partial charge >= 0.3 is 6.18 Å². The summed E-state index contributed by atoms with van der Waals surface area (Å²) in [4.78, 5) is 12.4. The fourth-order valence-corrected chi connectivity index (χ4v) is 2.75. The smallest absolute Gasteiger partial charge is 0.324 e. The Morgan fingerprint density at radius 3 is 2.80 bits per heavy atom. The Morgan fingerprint density at radius 1 is 1.40 bits per heavy atom. The van der Waals surface area contributed by atoms with Crippen molar-refractivity contribution in [1.29, 1.82) is 0 Å². The number of alkyl halides is 3. The van der Waals surface area contributed by atoms with E-state index < -0.39 is 11.9 Å². The zero-order valence-electron chi connectivity index (χ0n) is 10.7. The maximum absolute atomic E-state index is 12.3. The van der Waals surface area contributed by atoms with Crippen LogP contribution in [0.3, 0.4) is 0 Å². The fourth-order valence-electron chi connectivity index (χ4n) is 1.98. The van der Waals surface area contributed by atoms with Gasteiger partial charge in [-0.1, -0.05) is 12.1 Å². The Kier molecular flexibility index (Phi) is 4.93. The van der Waals surface area contributed by atoms with Crippen molar-refractivity contribution in [3.8, 4) is 0 Å². The van der Waals surface area contributed by atoms with Gasteiger partial charge in [-0.2, -0.15) is 13.2 Å². The first-order valence-corrected chi connectivity index (χ1v) is 7.27. The average Bonchev–Trinajstić information content (AvgIpc) is 2.90. The molecule has 1 atom stereocenters. The van der Waals surface area contributed by atoms with Crippen LogP contribution in [0.1, 0.15) is 12.8 Å². The molecule has 0 bridgehead atoms. The van der Waals surface area contributed by atoms with Crippen LogP contribution in [0.5, 0.6) is 0 Å². The Hall–Kier alpha value is -1.21. The van der Waals surface area contributed by atoms with E-state index in [2.05, 4.69) is 10.6 Å². The van der Waals surface area contributed by atoms with Crippen LogP contribution in [0.25, 0.3) is 0 Å². The Morgan fingerprint density at radius 2 is 2.15 bits per heavy atom. The van der Waals surface area contributed by atoms with E-state index in [1.54, 1.807) is 24.3 Å². The third kappa shape index (κ3) is 4.42. The van der Waals surface area contributed by atoms with E-state index in [1.807, 2.05) is 0 Å². The number of carbonyl (C=O) groups excluding carboxylic acids is 1. The number of thioether (sulfide) groups is 1. The van der Waals surface area contributed by atoms with Gasteiger partial charge in [0.05, 0.1) is 17.5 Å². The molecule has 2 N–H and O–H groups in total. The fraction of sp³-hybridized carbons (Fsp3) is 0.462. The molecule has 3 nitrogen and oxygen atoms in total.